The predicted molar refractivity (Wildman–Crippen MR) is 59.4 cm³/mol. The molecule has 1 aliphatic rings. The van der Waals surface area contributed by atoms with E-state index in [9.17, 15) is 0 Å². The average molecular weight is 203 g/mol. The van der Waals surface area contributed by atoms with E-state index in [0.717, 1.165) is 12.5 Å². The first kappa shape index (κ1) is 11.3. The molecule has 1 saturated heterocycles. The third-order valence-corrected chi connectivity index (χ3v) is 4.06. The number of rotatable bonds is 5. The SMILES string of the molecule is COC(C)C(C)NCC1CCSC1. The molecule has 13 heavy (non-hydrogen) atoms. The van der Waals surface area contributed by atoms with Crippen molar-refractivity contribution < 1.29 is 4.74 Å². The minimum atomic E-state index is 0.314. The lowest BCUT2D eigenvalue weighted by molar-refractivity contribution is 0.0876. The fourth-order valence-corrected chi connectivity index (χ4v) is 2.75. The van der Waals surface area contributed by atoms with Gasteiger partial charge in [-0.15, -0.1) is 0 Å². The molecule has 3 unspecified atom stereocenters. The summed E-state index contributed by atoms with van der Waals surface area (Å²) in [6.07, 6.45) is 1.69. The molecule has 0 spiro atoms. The fraction of sp³-hybridized carbons (Fsp3) is 1.00. The molecule has 0 aliphatic carbocycles. The quantitative estimate of drug-likeness (QED) is 0.735. The number of thioether (sulfide) groups is 1. The van der Waals surface area contributed by atoms with Crippen LogP contribution in [0.5, 0.6) is 0 Å². The Bertz CT molecular complexity index is 137. The van der Waals surface area contributed by atoms with Gasteiger partial charge in [-0.3, -0.25) is 0 Å². The van der Waals surface area contributed by atoms with Crippen molar-refractivity contribution in [2.75, 3.05) is 25.2 Å². The lowest BCUT2D eigenvalue weighted by Crippen LogP contribution is -2.39. The van der Waals surface area contributed by atoms with Crippen LogP contribution in [-0.4, -0.2) is 37.3 Å². The first-order valence-corrected chi connectivity index (χ1v) is 6.23. The molecule has 1 fully saturated rings. The van der Waals surface area contributed by atoms with Crippen LogP contribution >= 0.6 is 11.8 Å². The number of hydrogen-bond donors (Lipinski definition) is 1. The molecule has 2 nitrogen and oxygen atoms in total. The zero-order valence-corrected chi connectivity index (χ0v) is 9.69. The summed E-state index contributed by atoms with van der Waals surface area (Å²) >= 11 is 2.08. The molecule has 0 saturated carbocycles. The molecule has 3 atom stereocenters. The minimum Gasteiger partial charge on any atom is -0.380 e. The van der Waals surface area contributed by atoms with E-state index in [-0.39, 0.29) is 0 Å². The van der Waals surface area contributed by atoms with Crippen molar-refractivity contribution in [2.45, 2.75) is 32.4 Å². The minimum absolute atomic E-state index is 0.314. The van der Waals surface area contributed by atoms with Crippen molar-refractivity contribution in [3.8, 4) is 0 Å². The van der Waals surface area contributed by atoms with Gasteiger partial charge in [0, 0.05) is 13.2 Å². The van der Waals surface area contributed by atoms with Gasteiger partial charge in [0.25, 0.3) is 0 Å². The van der Waals surface area contributed by atoms with Crippen LogP contribution < -0.4 is 5.32 Å². The molecule has 78 valence electrons. The van der Waals surface area contributed by atoms with Crippen LogP contribution in [0.2, 0.25) is 0 Å². The maximum absolute atomic E-state index is 5.26. The van der Waals surface area contributed by atoms with E-state index in [1.54, 1.807) is 7.11 Å². The monoisotopic (exact) mass is 203 g/mol. The third-order valence-electron chi connectivity index (χ3n) is 2.83. The van der Waals surface area contributed by atoms with Crippen LogP contribution in [-0.2, 0) is 4.74 Å². The summed E-state index contributed by atoms with van der Waals surface area (Å²) in [7, 11) is 1.77. The van der Waals surface area contributed by atoms with Gasteiger partial charge >= 0.3 is 0 Å². The molecular weight excluding hydrogens is 182 g/mol. The highest BCUT2D eigenvalue weighted by molar-refractivity contribution is 7.99. The molecule has 3 heteroatoms. The Morgan fingerprint density at radius 1 is 1.54 bits per heavy atom. The smallest absolute Gasteiger partial charge is 0.0693 e. The molecule has 1 heterocycles. The maximum Gasteiger partial charge on any atom is 0.0693 e. The van der Waals surface area contributed by atoms with Gasteiger partial charge in [0.1, 0.15) is 0 Å². The number of ether oxygens (including phenoxy) is 1. The van der Waals surface area contributed by atoms with E-state index >= 15 is 0 Å². The highest BCUT2D eigenvalue weighted by Gasteiger charge is 2.17. The van der Waals surface area contributed by atoms with Crippen LogP contribution in [0, 0.1) is 5.92 Å². The van der Waals surface area contributed by atoms with Crippen molar-refractivity contribution in [1.29, 1.82) is 0 Å². The Morgan fingerprint density at radius 2 is 2.31 bits per heavy atom. The average Bonchev–Trinajstić information content (AvgIpc) is 2.65. The van der Waals surface area contributed by atoms with Gasteiger partial charge in [-0.25, -0.2) is 0 Å². The van der Waals surface area contributed by atoms with Crippen LogP contribution in [0.1, 0.15) is 20.3 Å². The van der Waals surface area contributed by atoms with Crippen LogP contribution in [0.3, 0.4) is 0 Å². The summed E-state index contributed by atoms with van der Waals surface area (Å²) in [5, 5.41) is 3.54. The highest BCUT2D eigenvalue weighted by atomic mass is 32.2. The summed E-state index contributed by atoms with van der Waals surface area (Å²) in [6.45, 7) is 5.46. The van der Waals surface area contributed by atoms with Crippen LogP contribution in [0.15, 0.2) is 0 Å². The summed E-state index contributed by atoms with van der Waals surface area (Å²) in [5.74, 6) is 3.57. The number of methoxy groups -OCH3 is 1. The lowest BCUT2D eigenvalue weighted by Gasteiger charge is -2.21. The molecular formula is C10H21NOS. The first-order valence-electron chi connectivity index (χ1n) is 5.08. The summed E-state index contributed by atoms with van der Waals surface area (Å²) < 4.78 is 5.26. The Labute approximate surface area is 85.8 Å². The maximum atomic E-state index is 5.26. The Balaban J connectivity index is 2.10. The second kappa shape index (κ2) is 5.89. The molecule has 1 aliphatic heterocycles. The summed E-state index contributed by atoms with van der Waals surface area (Å²) in [4.78, 5) is 0. The second-order valence-corrected chi connectivity index (χ2v) is 5.02. The van der Waals surface area contributed by atoms with Crippen LogP contribution in [0.25, 0.3) is 0 Å². The zero-order valence-electron chi connectivity index (χ0n) is 8.88. The van der Waals surface area contributed by atoms with Crippen molar-refractivity contribution in [3.63, 3.8) is 0 Å². The van der Waals surface area contributed by atoms with E-state index in [1.165, 1.54) is 17.9 Å². The van der Waals surface area contributed by atoms with E-state index in [4.69, 9.17) is 4.74 Å². The topological polar surface area (TPSA) is 21.3 Å². The molecule has 0 aromatic heterocycles. The van der Waals surface area contributed by atoms with Crippen molar-refractivity contribution in [2.24, 2.45) is 5.92 Å². The van der Waals surface area contributed by atoms with E-state index in [1.807, 2.05) is 0 Å². The lowest BCUT2D eigenvalue weighted by atomic mass is 10.1. The molecule has 1 N–H and O–H groups in total. The van der Waals surface area contributed by atoms with E-state index in [2.05, 4.69) is 30.9 Å². The molecule has 0 amide bonds. The van der Waals surface area contributed by atoms with Crippen molar-refractivity contribution >= 4 is 11.8 Å². The Morgan fingerprint density at radius 3 is 2.85 bits per heavy atom. The number of hydrogen-bond acceptors (Lipinski definition) is 3. The first-order chi connectivity index (χ1) is 6.24. The van der Waals surface area contributed by atoms with Gasteiger partial charge in [0.05, 0.1) is 6.10 Å². The fourth-order valence-electron chi connectivity index (χ4n) is 1.47. The second-order valence-electron chi connectivity index (χ2n) is 3.87. The van der Waals surface area contributed by atoms with Gasteiger partial charge < -0.3 is 10.1 Å². The van der Waals surface area contributed by atoms with Gasteiger partial charge in [-0.2, -0.15) is 11.8 Å². The zero-order chi connectivity index (χ0) is 9.68. The molecule has 0 aromatic rings. The van der Waals surface area contributed by atoms with Gasteiger partial charge in [-0.05, 0) is 44.2 Å². The normalized spacial score (nSPS) is 27.5. The summed E-state index contributed by atoms with van der Waals surface area (Å²) in [6, 6.07) is 0.468. The number of nitrogens with one attached hydrogen (secondary N) is 1. The molecule has 0 aromatic carbocycles. The van der Waals surface area contributed by atoms with Crippen molar-refractivity contribution in [1.82, 2.24) is 5.32 Å². The Hall–Kier alpha value is 0.270. The molecule has 0 bridgehead atoms. The van der Waals surface area contributed by atoms with Gasteiger partial charge in [0.2, 0.25) is 0 Å². The van der Waals surface area contributed by atoms with Gasteiger partial charge in [0.15, 0.2) is 0 Å². The summed E-state index contributed by atoms with van der Waals surface area (Å²) in [5.41, 5.74) is 0. The molecule has 0 radical (unpaired) electrons. The largest absolute Gasteiger partial charge is 0.380 e. The standard InChI is InChI=1S/C10H21NOS/c1-8(9(2)12-3)11-6-10-4-5-13-7-10/h8-11H,4-7H2,1-3H3. The van der Waals surface area contributed by atoms with E-state index < -0.39 is 0 Å². The van der Waals surface area contributed by atoms with Gasteiger partial charge in [-0.1, -0.05) is 0 Å². The van der Waals surface area contributed by atoms with E-state index in [0.29, 0.717) is 12.1 Å². The Kier molecular flexibility index (Phi) is 5.14. The van der Waals surface area contributed by atoms with Crippen molar-refractivity contribution in [3.05, 3.63) is 0 Å². The third kappa shape index (κ3) is 3.88. The molecule has 1 rings (SSSR count). The highest BCUT2D eigenvalue weighted by Crippen LogP contribution is 2.22. The predicted octanol–water partition coefficient (Wildman–Crippen LogP) is 1.75. The van der Waals surface area contributed by atoms with Crippen LogP contribution in [0.4, 0.5) is 0 Å².